The van der Waals surface area contributed by atoms with E-state index in [-0.39, 0.29) is 17.4 Å². The summed E-state index contributed by atoms with van der Waals surface area (Å²) in [5, 5.41) is 11.8. The molecule has 1 saturated carbocycles. The Morgan fingerprint density at radius 1 is 1.07 bits per heavy atom. The summed E-state index contributed by atoms with van der Waals surface area (Å²) in [6.45, 7) is 14.0. The lowest BCUT2D eigenvalue weighted by Gasteiger charge is -2.50. The number of rotatable bonds is 4. The smallest absolute Gasteiger partial charge is 0.141 e. The molecule has 2 heterocycles. The van der Waals surface area contributed by atoms with Gasteiger partial charge < -0.3 is 14.7 Å². The van der Waals surface area contributed by atoms with Gasteiger partial charge in [0.25, 0.3) is 0 Å². The number of hydrogen-bond acceptors (Lipinski definition) is 4. The molecule has 4 atom stereocenters. The molecule has 0 aromatic heterocycles. The van der Waals surface area contributed by atoms with Crippen molar-refractivity contribution in [3.63, 3.8) is 0 Å². The van der Waals surface area contributed by atoms with Gasteiger partial charge in [0.1, 0.15) is 18.3 Å². The van der Waals surface area contributed by atoms with E-state index in [2.05, 4.69) is 60.6 Å². The standard InChI is InChI=1S/C26H36N2O2/c1-20-7-6-10-25(2)11-12-26(29)22(19-30-24(26)23(20)25)18-28-15-13-27(14-16-28)17-21-8-4-3-5-9-21/h3-5,8-9,22,24,29H,6-7,10-18H2,1-2H3/t22?,24-,25+,26?/m0/s1. The van der Waals surface area contributed by atoms with Gasteiger partial charge in [-0.3, -0.25) is 4.90 Å². The van der Waals surface area contributed by atoms with Crippen LogP contribution in [0.3, 0.4) is 0 Å². The molecule has 2 radical (unpaired) electrons. The van der Waals surface area contributed by atoms with Crippen LogP contribution in [-0.2, 0) is 11.3 Å². The molecule has 2 saturated heterocycles. The molecule has 4 nitrogen and oxygen atoms in total. The Bertz CT molecular complexity index is 785. The number of allylic oxidation sites excluding steroid dienone is 1. The first-order chi connectivity index (χ1) is 14.5. The van der Waals surface area contributed by atoms with Gasteiger partial charge in [-0.2, -0.15) is 0 Å². The van der Waals surface area contributed by atoms with Crippen LogP contribution in [0.15, 0.2) is 41.5 Å². The minimum atomic E-state index is -0.783. The first-order valence-electron chi connectivity index (χ1n) is 11.8. The molecule has 3 fully saturated rings. The van der Waals surface area contributed by atoms with E-state index in [9.17, 15) is 5.11 Å². The zero-order valence-corrected chi connectivity index (χ0v) is 18.6. The summed E-state index contributed by atoms with van der Waals surface area (Å²) in [5.74, 6) is -0.0186. The second-order valence-corrected chi connectivity index (χ2v) is 10.3. The average molecular weight is 409 g/mol. The van der Waals surface area contributed by atoms with E-state index in [0.717, 1.165) is 58.5 Å². The Kier molecular flexibility index (Phi) is 5.55. The Labute approximate surface area is 181 Å². The third-order valence-electron chi connectivity index (χ3n) is 8.27. The van der Waals surface area contributed by atoms with E-state index < -0.39 is 5.60 Å². The maximum absolute atomic E-state index is 11.8. The zero-order valence-electron chi connectivity index (χ0n) is 18.6. The largest absolute Gasteiger partial charge is 0.386 e. The maximum atomic E-state index is 11.8. The fraction of sp³-hybridized carbons (Fsp3) is 0.654. The number of ether oxygens (including phenoxy) is 1. The first-order valence-corrected chi connectivity index (χ1v) is 11.8. The molecule has 4 heteroatoms. The van der Waals surface area contributed by atoms with Crippen molar-refractivity contribution in [2.45, 2.75) is 64.2 Å². The van der Waals surface area contributed by atoms with Crippen LogP contribution < -0.4 is 0 Å². The van der Waals surface area contributed by atoms with Gasteiger partial charge in [0.15, 0.2) is 0 Å². The fourth-order valence-electron chi connectivity index (χ4n) is 6.38. The van der Waals surface area contributed by atoms with Crippen LogP contribution in [0.5, 0.6) is 0 Å². The highest BCUT2D eigenvalue weighted by Gasteiger charge is 2.59. The van der Waals surface area contributed by atoms with Crippen molar-refractivity contribution in [2.24, 2.45) is 11.3 Å². The molecule has 1 aromatic rings. The van der Waals surface area contributed by atoms with E-state index in [1.807, 2.05) is 0 Å². The highest BCUT2D eigenvalue weighted by atomic mass is 16.5. The normalized spacial score (nSPS) is 37.8. The fourth-order valence-corrected chi connectivity index (χ4v) is 6.38. The van der Waals surface area contributed by atoms with Crippen LogP contribution in [0.25, 0.3) is 0 Å². The molecule has 1 N–H and O–H groups in total. The Hall–Kier alpha value is -1.20. The number of aliphatic hydroxyl groups is 1. The van der Waals surface area contributed by atoms with E-state index in [4.69, 9.17) is 4.74 Å². The van der Waals surface area contributed by atoms with Crippen molar-refractivity contribution in [3.05, 3.63) is 53.6 Å². The molecule has 2 aliphatic heterocycles. The minimum Gasteiger partial charge on any atom is -0.386 e. The van der Waals surface area contributed by atoms with Crippen LogP contribution in [-0.4, -0.2) is 59.3 Å². The predicted molar refractivity (Wildman–Crippen MR) is 119 cm³/mol. The zero-order chi connectivity index (χ0) is 20.8. The Morgan fingerprint density at radius 3 is 2.57 bits per heavy atom. The lowest BCUT2D eigenvalue weighted by molar-refractivity contribution is -0.0830. The van der Waals surface area contributed by atoms with Crippen molar-refractivity contribution in [2.75, 3.05) is 32.7 Å². The summed E-state index contributed by atoms with van der Waals surface area (Å²) in [5.41, 5.74) is 3.65. The summed E-state index contributed by atoms with van der Waals surface area (Å²) in [4.78, 5) is 5.03. The number of piperazine rings is 1. The van der Waals surface area contributed by atoms with E-state index in [0.29, 0.717) is 0 Å². The summed E-state index contributed by atoms with van der Waals surface area (Å²) < 4.78 is 6.12. The molecule has 0 bridgehead atoms. The van der Waals surface area contributed by atoms with Gasteiger partial charge in [0, 0.05) is 45.2 Å². The molecule has 0 spiro atoms. The number of benzene rings is 1. The second-order valence-electron chi connectivity index (χ2n) is 10.3. The number of hydrogen-bond donors (Lipinski definition) is 1. The van der Waals surface area contributed by atoms with Crippen LogP contribution in [0.1, 0.15) is 51.5 Å². The monoisotopic (exact) mass is 408 g/mol. The van der Waals surface area contributed by atoms with Gasteiger partial charge in [-0.05, 0) is 55.6 Å². The summed E-state index contributed by atoms with van der Waals surface area (Å²) >= 11 is 0. The average Bonchev–Trinajstić information content (AvgIpc) is 3.06. The summed E-state index contributed by atoms with van der Waals surface area (Å²) in [6.07, 6.45) is 5.36. The topological polar surface area (TPSA) is 35.9 Å². The predicted octanol–water partition coefficient (Wildman–Crippen LogP) is 3.89. The van der Waals surface area contributed by atoms with Gasteiger partial charge in [-0.1, -0.05) is 42.8 Å². The van der Waals surface area contributed by atoms with Crippen molar-refractivity contribution in [1.29, 1.82) is 0 Å². The van der Waals surface area contributed by atoms with Gasteiger partial charge in [0.05, 0.1) is 0 Å². The molecule has 4 aliphatic rings. The third-order valence-corrected chi connectivity index (χ3v) is 8.27. The van der Waals surface area contributed by atoms with Gasteiger partial charge in [-0.25, -0.2) is 0 Å². The molecule has 1 aromatic carbocycles. The quantitative estimate of drug-likeness (QED) is 0.767. The van der Waals surface area contributed by atoms with E-state index >= 15 is 0 Å². The molecular formula is C26H36N2O2. The van der Waals surface area contributed by atoms with Gasteiger partial charge >= 0.3 is 0 Å². The lowest BCUT2D eigenvalue weighted by Crippen LogP contribution is -2.56. The SMILES string of the molecule is CC1=C2[C@@H]3O[C]C(CN4CCN(Cc5ccccc5)CC4)C3(O)CC[C@@]2(C)CCC1. The lowest BCUT2D eigenvalue weighted by atomic mass is 9.58. The molecule has 162 valence electrons. The van der Waals surface area contributed by atoms with Crippen LogP contribution in [0.4, 0.5) is 0 Å². The molecule has 5 rings (SSSR count). The van der Waals surface area contributed by atoms with Crippen molar-refractivity contribution < 1.29 is 9.84 Å². The van der Waals surface area contributed by atoms with Gasteiger partial charge in [-0.15, -0.1) is 0 Å². The second kappa shape index (κ2) is 8.05. The molecule has 2 aliphatic carbocycles. The van der Waals surface area contributed by atoms with Crippen LogP contribution in [0.2, 0.25) is 0 Å². The Morgan fingerprint density at radius 2 is 1.80 bits per heavy atom. The highest BCUT2D eigenvalue weighted by molar-refractivity contribution is 5.35. The third kappa shape index (κ3) is 3.66. The van der Waals surface area contributed by atoms with Crippen molar-refractivity contribution in [3.8, 4) is 0 Å². The first kappa shape index (κ1) is 20.7. The van der Waals surface area contributed by atoms with Gasteiger partial charge in [0.2, 0.25) is 0 Å². The molecular weight excluding hydrogens is 372 g/mol. The molecule has 0 amide bonds. The van der Waals surface area contributed by atoms with Crippen molar-refractivity contribution >= 4 is 0 Å². The van der Waals surface area contributed by atoms with E-state index in [1.54, 1.807) is 0 Å². The minimum absolute atomic E-state index is 0.0186. The van der Waals surface area contributed by atoms with E-state index in [1.165, 1.54) is 29.6 Å². The van der Waals surface area contributed by atoms with Crippen LogP contribution >= 0.6 is 0 Å². The maximum Gasteiger partial charge on any atom is 0.141 e. The summed E-state index contributed by atoms with van der Waals surface area (Å²) in [7, 11) is 0. The molecule has 2 unspecified atom stereocenters. The molecule has 30 heavy (non-hydrogen) atoms. The van der Waals surface area contributed by atoms with Crippen LogP contribution in [0, 0.1) is 17.9 Å². The Balaban J connectivity index is 1.21. The highest BCUT2D eigenvalue weighted by Crippen LogP contribution is 2.57. The van der Waals surface area contributed by atoms with Crippen molar-refractivity contribution in [1.82, 2.24) is 9.80 Å². The summed E-state index contributed by atoms with van der Waals surface area (Å²) in [6, 6.07) is 10.7. The number of fused-ring (bicyclic) bond motifs is 3. The number of nitrogens with zero attached hydrogens (tertiary/aromatic N) is 2.